The van der Waals surface area contributed by atoms with Gasteiger partial charge in [0, 0.05) is 25.7 Å². The number of methoxy groups -OCH3 is 2. The van der Waals surface area contributed by atoms with Gasteiger partial charge in [0.15, 0.2) is 0 Å². The molecule has 2 aliphatic rings. The van der Waals surface area contributed by atoms with Crippen LogP contribution in [-0.2, 0) is 37.5 Å². The Bertz CT molecular complexity index is 1620. The highest BCUT2D eigenvalue weighted by molar-refractivity contribution is 8.01. The fourth-order valence-electron chi connectivity index (χ4n) is 4.78. The molecule has 1 saturated heterocycles. The predicted molar refractivity (Wildman–Crippen MR) is 161 cm³/mol. The van der Waals surface area contributed by atoms with E-state index in [1.54, 1.807) is 68.8 Å². The molecule has 0 spiro atoms. The molecule has 1 fully saturated rings. The van der Waals surface area contributed by atoms with Gasteiger partial charge in [-0.2, -0.15) is 0 Å². The van der Waals surface area contributed by atoms with Crippen LogP contribution in [0.4, 0.5) is 4.79 Å². The zero-order valence-corrected chi connectivity index (χ0v) is 26.0. The number of benzene rings is 2. The number of nitrogens with one attached hydrogen (secondary N) is 2. The highest BCUT2D eigenvalue weighted by Gasteiger charge is 2.67. The smallest absolute Gasteiger partial charge is 0.408 e. The molecule has 2 unspecified atom stereocenters. The number of rotatable bonds is 12. The second kappa shape index (κ2) is 13.6. The number of carbonyl (C=O) groups is 4. The molecular formula is C28H29N7O8S2. The number of aliphatic carboxylic acids is 1. The molecule has 2 aliphatic heterocycles. The molecule has 3 amide bonds. The summed E-state index contributed by atoms with van der Waals surface area (Å²) < 4.78 is 17.5. The van der Waals surface area contributed by atoms with Crippen molar-refractivity contribution < 1.29 is 38.5 Å². The van der Waals surface area contributed by atoms with Crippen molar-refractivity contribution in [2.45, 2.75) is 28.9 Å². The van der Waals surface area contributed by atoms with Crippen LogP contribution >= 0.6 is 23.5 Å². The summed E-state index contributed by atoms with van der Waals surface area (Å²) in [6.45, 7) is -0.0643. The van der Waals surface area contributed by atoms with Gasteiger partial charge in [0.2, 0.25) is 11.1 Å². The third-order valence-electron chi connectivity index (χ3n) is 7.09. The second-order valence-electron chi connectivity index (χ2n) is 9.81. The van der Waals surface area contributed by atoms with E-state index in [-0.39, 0.29) is 23.8 Å². The van der Waals surface area contributed by atoms with Crippen LogP contribution in [0.5, 0.6) is 5.75 Å². The molecular weight excluding hydrogens is 626 g/mol. The average Bonchev–Trinajstić information content (AvgIpc) is 3.48. The second-order valence-corrected chi connectivity index (χ2v) is 11.8. The molecule has 1 aromatic heterocycles. The first kappa shape index (κ1) is 31.8. The summed E-state index contributed by atoms with van der Waals surface area (Å²) in [7, 11) is 4.45. The maximum atomic E-state index is 13.7. The fourth-order valence-corrected chi connectivity index (χ4v) is 7.21. The average molecular weight is 656 g/mol. The molecule has 45 heavy (non-hydrogen) atoms. The van der Waals surface area contributed by atoms with Crippen LogP contribution in [0.2, 0.25) is 0 Å². The number of carbonyl (C=O) groups excluding carboxylic acids is 3. The molecule has 3 N–H and O–H groups in total. The largest absolute Gasteiger partial charge is 0.497 e. The number of nitrogens with zero attached hydrogens (tertiary/aromatic N) is 5. The van der Waals surface area contributed by atoms with Gasteiger partial charge >= 0.3 is 12.1 Å². The minimum Gasteiger partial charge on any atom is -0.497 e. The Kier molecular flexibility index (Phi) is 9.60. The highest BCUT2D eigenvalue weighted by atomic mass is 32.2. The van der Waals surface area contributed by atoms with Gasteiger partial charge in [-0.05, 0) is 39.3 Å². The number of amides is 3. The van der Waals surface area contributed by atoms with Gasteiger partial charge in [-0.1, -0.05) is 54.2 Å². The number of ether oxygens (including phenoxy) is 3. The molecule has 0 bridgehead atoms. The number of hydrogen-bond acceptors (Lipinski definition) is 12. The van der Waals surface area contributed by atoms with Gasteiger partial charge in [0.1, 0.15) is 29.5 Å². The van der Waals surface area contributed by atoms with Crippen molar-refractivity contribution in [3.05, 3.63) is 77.0 Å². The highest BCUT2D eigenvalue weighted by Crippen LogP contribution is 2.47. The number of carboxylic acids is 1. The number of aryl methyl sites for hydroxylation is 1. The third-order valence-corrected chi connectivity index (χ3v) is 9.56. The SMILES string of the molecule is COc1ccc(COC(=O)NC(C(=O)N[C@@]2(OC)C(=O)N3C(C(=O)O)=C(CSc4nnnn4C)CSC32)c2ccccc2)cc1. The first-order chi connectivity index (χ1) is 21.7. The Morgan fingerprint density at radius 3 is 2.51 bits per heavy atom. The number of alkyl carbamates (subject to hydrolysis) is 1. The molecule has 17 heteroatoms. The van der Waals surface area contributed by atoms with Gasteiger partial charge in [-0.15, -0.1) is 16.9 Å². The summed E-state index contributed by atoms with van der Waals surface area (Å²) in [5, 5.41) is 26.1. The number of carboxylic acid groups (broad SMARTS) is 1. The van der Waals surface area contributed by atoms with Crippen molar-refractivity contribution in [2.75, 3.05) is 25.7 Å². The van der Waals surface area contributed by atoms with E-state index >= 15 is 0 Å². The number of fused-ring (bicyclic) bond motifs is 1. The molecule has 0 aliphatic carbocycles. The van der Waals surface area contributed by atoms with Crippen LogP contribution in [0, 0.1) is 0 Å². The summed E-state index contributed by atoms with van der Waals surface area (Å²) in [4.78, 5) is 53.7. The Hall–Kier alpha value is -4.61. The lowest BCUT2D eigenvalue weighted by Crippen LogP contribution is -2.81. The lowest BCUT2D eigenvalue weighted by atomic mass is 9.97. The molecule has 236 valence electrons. The first-order valence-corrected chi connectivity index (χ1v) is 15.5. The van der Waals surface area contributed by atoms with Gasteiger partial charge < -0.3 is 30.0 Å². The summed E-state index contributed by atoms with van der Waals surface area (Å²) in [5.41, 5.74) is -0.451. The standard InChI is InChI=1S/C28H29N7O8S2/c1-34-26(31-32-33-34)45-15-18-14-44-25-28(42-3,24(39)35(25)21(18)23(37)38)30-22(36)20(17-7-5-4-6-8-17)29-27(40)43-13-16-9-11-19(41-2)12-10-16/h4-12,20,25H,13-15H2,1-3H3,(H,29,40)(H,30,36)(H,37,38)/t20?,25?,28-/m1/s1. The van der Waals surface area contributed by atoms with E-state index in [0.29, 0.717) is 27.6 Å². The Labute approximate surface area is 265 Å². The van der Waals surface area contributed by atoms with Crippen LogP contribution in [0.1, 0.15) is 17.2 Å². The van der Waals surface area contributed by atoms with E-state index in [0.717, 1.165) is 4.90 Å². The number of β-lactam (4-membered cyclic amide) rings is 1. The number of thioether (sulfide) groups is 2. The van der Waals surface area contributed by atoms with Crippen molar-refractivity contribution in [1.29, 1.82) is 0 Å². The zero-order chi connectivity index (χ0) is 32.1. The molecule has 3 heterocycles. The van der Waals surface area contributed by atoms with E-state index < -0.39 is 41.0 Å². The number of tetrazole rings is 1. The number of aromatic nitrogens is 4. The van der Waals surface area contributed by atoms with Crippen LogP contribution in [0.25, 0.3) is 0 Å². The predicted octanol–water partition coefficient (Wildman–Crippen LogP) is 1.69. The summed E-state index contributed by atoms with van der Waals surface area (Å²) in [6.07, 6.45) is -0.869. The summed E-state index contributed by atoms with van der Waals surface area (Å²) in [6, 6.07) is 14.1. The number of hydrogen-bond donors (Lipinski definition) is 3. The minimum absolute atomic E-state index is 0.0643. The maximum Gasteiger partial charge on any atom is 0.408 e. The van der Waals surface area contributed by atoms with Crippen LogP contribution < -0.4 is 15.4 Å². The molecule has 3 aromatic rings. The molecule has 2 aromatic carbocycles. The summed E-state index contributed by atoms with van der Waals surface area (Å²) >= 11 is 2.48. The molecule has 5 rings (SSSR count). The first-order valence-electron chi connectivity index (χ1n) is 13.4. The van der Waals surface area contributed by atoms with Crippen LogP contribution in [-0.4, -0.2) is 90.9 Å². The fraction of sp³-hybridized carbons (Fsp3) is 0.321. The molecule has 0 saturated carbocycles. The lowest BCUT2D eigenvalue weighted by Gasteiger charge is -2.56. The molecule has 0 radical (unpaired) electrons. The Morgan fingerprint density at radius 2 is 1.89 bits per heavy atom. The minimum atomic E-state index is -1.88. The van der Waals surface area contributed by atoms with Gasteiger partial charge in [0.25, 0.3) is 11.6 Å². The Morgan fingerprint density at radius 1 is 1.16 bits per heavy atom. The molecule has 3 atom stereocenters. The van der Waals surface area contributed by atoms with Crippen LogP contribution in [0.15, 0.2) is 71.0 Å². The van der Waals surface area contributed by atoms with Gasteiger partial charge in [-0.3, -0.25) is 14.5 Å². The quantitative estimate of drug-likeness (QED) is 0.146. The van der Waals surface area contributed by atoms with Crippen molar-refractivity contribution in [2.24, 2.45) is 7.05 Å². The monoisotopic (exact) mass is 655 g/mol. The normalized spacial score (nSPS) is 19.7. The van der Waals surface area contributed by atoms with E-state index in [2.05, 4.69) is 26.2 Å². The maximum absolute atomic E-state index is 13.7. The third kappa shape index (κ3) is 6.45. The topological polar surface area (TPSA) is 187 Å². The van der Waals surface area contributed by atoms with Gasteiger partial charge in [0.05, 0.1) is 7.11 Å². The van der Waals surface area contributed by atoms with E-state index in [4.69, 9.17) is 14.2 Å². The zero-order valence-electron chi connectivity index (χ0n) is 24.3. The van der Waals surface area contributed by atoms with Crippen molar-refractivity contribution in [3.63, 3.8) is 0 Å². The Balaban J connectivity index is 1.31. The van der Waals surface area contributed by atoms with E-state index in [1.165, 1.54) is 35.3 Å². The molecule has 15 nitrogen and oxygen atoms in total. The van der Waals surface area contributed by atoms with Crippen molar-refractivity contribution in [1.82, 2.24) is 35.7 Å². The van der Waals surface area contributed by atoms with Crippen LogP contribution in [0.3, 0.4) is 0 Å². The van der Waals surface area contributed by atoms with Gasteiger partial charge in [-0.25, -0.2) is 14.3 Å². The lowest BCUT2D eigenvalue weighted by molar-refractivity contribution is -0.192. The van der Waals surface area contributed by atoms with E-state index in [9.17, 15) is 24.3 Å². The van der Waals surface area contributed by atoms with Crippen molar-refractivity contribution in [3.8, 4) is 5.75 Å². The van der Waals surface area contributed by atoms with E-state index in [1.807, 2.05) is 0 Å². The van der Waals surface area contributed by atoms with Crippen molar-refractivity contribution >= 4 is 47.4 Å². The summed E-state index contributed by atoms with van der Waals surface area (Å²) in [5.74, 6) is -1.69.